The van der Waals surface area contributed by atoms with Crippen LogP contribution in [-0.2, 0) is 6.54 Å². The van der Waals surface area contributed by atoms with E-state index in [4.69, 9.17) is 0 Å². The van der Waals surface area contributed by atoms with Gasteiger partial charge >= 0.3 is 0 Å². The highest BCUT2D eigenvalue weighted by Crippen LogP contribution is 2.34. The quantitative estimate of drug-likeness (QED) is 0.670. The van der Waals surface area contributed by atoms with Gasteiger partial charge in [0.25, 0.3) is 5.69 Å². The molecule has 1 aromatic heterocycles. The third-order valence-electron chi connectivity index (χ3n) is 3.41. The van der Waals surface area contributed by atoms with E-state index >= 15 is 0 Å². The van der Waals surface area contributed by atoms with Crippen molar-refractivity contribution in [1.82, 2.24) is 9.88 Å². The first-order chi connectivity index (χ1) is 9.58. The van der Waals surface area contributed by atoms with Gasteiger partial charge in [-0.2, -0.15) is 0 Å². The number of nitro groups is 1. The van der Waals surface area contributed by atoms with Crippen LogP contribution in [0.4, 0.5) is 5.69 Å². The minimum absolute atomic E-state index is 0.0203. The lowest BCUT2D eigenvalue weighted by Crippen LogP contribution is -2.22. The molecule has 0 aliphatic rings. The summed E-state index contributed by atoms with van der Waals surface area (Å²) in [6.45, 7) is 6.10. The second kappa shape index (κ2) is 5.83. The zero-order chi connectivity index (χ0) is 14.7. The first-order valence-corrected chi connectivity index (χ1v) is 6.54. The first-order valence-electron chi connectivity index (χ1n) is 6.54. The van der Waals surface area contributed by atoms with Crippen molar-refractivity contribution in [2.45, 2.75) is 20.4 Å². The molecule has 1 heterocycles. The summed E-state index contributed by atoms with van der Waals surface area (Å²) in [7, 11) is 0. The van der Waals surface area contributed by atoms with Gasteiger partial charge in [-0.25, -0.2) is 0 Å². The topological polar surface area (TPSA) is 79.5 Å². The zero-order valence-corrected chi connectivity index (χ0v) is 11.5. The van der Waals surface area contributed by atoms with E-state index in [0.717, 1.165) is 13.1 Å². The molecule has 0 amide bonds. The average molecular weight is 275 g/mol. The number of rotatable bonds is 5. The fourth-order valence-electron chi connectivity index (χ4n) is 2.22. The Kier molecular flexibility index (Phi) is 4.14. The summed E-state index contributed by atoms with van der Waals surface area (Å²) in [6.07, 6.45) is 1.52. The van der Waals surface area contributed by atoms with Crippen molar-refractivity contribution >= 4 is 16.6 Å². The van der Waals surface area contributed by atoms with Crippen molar-refractivity contribution in [3.8, 4) is 5.75 Å². The number of aromatic nitrogens is 1. The van der Waals surface area contributed by atoms with Gasteiger partial charge in [-0.15, -0.1) is 0 Å². The molecule has 0 fully saturated rings. The SMILES string of the molecule is CCN(CC)Cc1cc([N+](=O)[O-])c2cccnc2c1O. The van der Waals surface area contributed by atoms with Gasteiger partial charge in [-0.05, 0) is 25.2 Å². The average Bonchev–Trinajstić information content (AvgIpc) is 2.46. The van der Waals surface area contributed by atoms with Crippen LogP contribution in [0.5, 0.6) is 5.75 Å². The predicted octanol–water partition coefficient (Wildman–Crippen LogP) is 2.69. The lowest BCUT2D eigenvalue weighted by Gasteiger charge is -2.19. The number of non-ortho nitro benzene ring substituents is 1. The Balaban J connectivity index is 2.61. The highest BCUT2D eigenvalue weighted by atomic mass is 16.6. The third-order valence-corrected chi connectivity index (χ3v) is 3.41. The van der Waals surface area contributed by atoms with Gasteiger partial charge < -0.3 is 5.11 Å². The van der Waals surface area contributed by atoms with E-state index in [-0.39, 0.29) is 17.0 Å². The summed E-state index contributed by atoms with van der Waals surface area (Å²) < 4.78 is 0. The Morgan fingerprint density at radius 3 is 2.70 bits per heavy atom. The zero-order valence-electron chi connectivity index (χ0n) is 11.5. The van der Waals surface area contributed by atoms with Crippen molar-refractivity contribution < 1.29 is 10.0 Å². The Labute approximate surface area is 116 Å². The van der Waals surface area contributed by atoms with Gasteiger partial charge in [0, 0.05) is 24.4 Å². The molecule has 106 valence electrons. The molecule has 0 aliphatic heterocycles. The summed E-state index contributed by atoms with van der Waals surface area (Å²) in [4.78, 5) is 16.9. The Morgan fingerprint density at radius 1 is 1.40 bits per heavy atom. The summed E-state index contributed by atoms with van der Waals surface area (Å²) in [5.74, 6) is 0.0260. The van der Waals surface area contributed by atoms with Crippen LogP contribution >= 0.6 is 0 Å². The highest BCUT2D eigenvalue weighted by molar-refractivity contribution is 5.93. The standard InChI is InChI=1S/C14H17N3O3/c1-3-16(4-2)9-10-8-12(17(19)20)11-6-5-7-15-13(11)14(10)18/h5-8,18H,3-4,9H2,1-2H3. The van der Waals surface area contributed by atoms with Gasteiger partial charge in [0.15, 0.2) is 0 Å². The molecule has 0 unspecified atom stereocenters. The van der Waals surface area contributed by atoms with Crippen LogP contribution in [0, 0.1) is 10.1 Å². The number of aromatic hydroxyl groups is 1. The van der Waals surface area contributed by atoms with Crippen LogP contribution in [0.2, 0.25) is 0 Å². The highest BCUT2D eigenvalue weighted by Gasteiger charge is 2.20. The van der Waals surface area contributed by atoms with E-state index in [1.54, 1.807) is 12.1 Å². The molecule has 1 N–H and O–H groups in total. The fourth-order valence-corrected chi connectivity index (χ4v) is 2.22. The first kappa shape index (κ1) is 14.2. The Bertz CT molecular complexity index is 639. The number of nitrogens with zero attached hydrogens (tertiary/aromatic N) is 3. The molecule has 0 spiro atoms. The molecule has 0 saturated heterocycles. The second-order valence-electron chi connectivity index (χ2n) is 4.52. The number of phenolic OH excluding ortho intramolecular Hbond substituents is 1. The monoisotopic (exact) mass is 275 g/mol. The number of phenols is 1. The molecule has 0 aliphatic carbocycles. The van der Waals surface area contributed by atoms with E-state index < -0.39 is 4.92 Å². The maximum absolute atomic E-state index is 11.2. The van der Waals surface area contributed by atoms with Crippen LogP contribution < -0.4 is 0 Å². The molecule has 0 saturated carbocycles. The minimum Gasteiger partial charge on any atom is -0.505 e. The number of pyridine rings is 1. The molecule has 2 aromatic rings. The number of fused-ring (bicyclic) bond motifs is 1. The van der Waals surface area contributed by atoms with Crippen molar-refractivity contribution in [2.75, 3.05) is 13.1 Å². The van der Waals surface area contributed by atoms with Crippen molar-refractivity contribution in [2.24, 2.45) is 0 Å². The number of nitro benzene ring substituents is 1. The molecule has 1 aromatic carbocycles. The number of benzene rings is 1. The molecule has 0 atom stereocenters. The fraction of sp³-hybridized carbons (Fsp3) is 0.357. The minimum atomic E-state index is -0.435. The Hall–Kier alpha value is -2.21. The van der Waals surface area contributed by atoms with E-state index in [2.05, 4.69) is 9.88 Å². The van der Waals surface area contributed by atoms with Gasteiger partial charge in [-0.1, -0.05) is 13.8 Å². The van der Waals surface area contributed by atoms with Gasteiger partial charge in [0.1, 0.15) is 11.3 Å². The van der Waals surface area contributed by atoms with Crippen molar-refractivity contribution in [3.63, 3.8) is 0 Å². The molecular formula is C14H17N3O3. The number of hydrogen-bond donors (Lipinski definition) is 1. The molecule has 0 bridgehead atoms. The molecular weight excluding hydrogens is 258 g/mol. The van der Waals surface area contributed by atoms with E-state index in [0.29, 0.717) is 17.5 Å². The Morgan fingerprint density at radius 2 is 2.10 bits per heavy atom. The molecule has 2 rings (SSSR count). The van der Waals surface area contributed by atoms with E-state index in [9.17, 15) is 15.2 Å². The van der Waals surface area contributed by atoms with Crippen molar-refractivity contribution in [3.05, 3.63) is 40.1 Å². The van der Waals surface area contributed by atoms with E-state index in [1.807, 2.05) is 13.8 Å². The predicted molar refractivity (Wildman–Crippen MR) is 76.7 cm³/mol. The van der Waals surface area contributed by atoms with Crippen LogP contribution in [0.25, 0.3) is 10.9 Å². The lowest BCUT2D eigenvalue weighted by molar-refractivity contribution is -0.383. The van der Waals surface area contributed by atoms with Gasteiger partial charge in [-0.3, -0.25) is 20.0 Å². The summed E-state index contributed by atoms with van der Waals surface area (Å²) in [6, 6.07) is 4.66. The number of hydrogen-bond acceptors (Lipinski definition) is 5. The van der Waals surface area contributed by atoms with Crippen molar-refractivity contribution in [1.29, 1.82) is 0 Å². The van der Waals surface area contributed by atoms with Crippen LogP contribution in [0.3, 0.4) is 0 Å². The summed E-state index contributed by atoms with van der Waals surface area (Å²) in [5.41, 5.74) is 0.795. The smallest absolute Gasteiger partial charge is 0.279 e. The van der Waals surface area contributed by atoms with Gasteiger partial charge in [0.2, 0.25) is 0 Å². The van der Waals surface area contributed by atoms with E-state index in [1.165, 1.54) is 12.3 Å². The summed E-state index contributed by atoms with van der Waals surface area (Å²) >= 11 is 0. The van der Waals surface area contributed by atoms with Crippen LogP contribution in [0.1, 0.15) is 19.4 Å². The maximum Gasteiger partial charge on any atom is 0.279 e. The molecule has 0 radical (unpaired) electrons. The second-order valence-corrected chi connectivity index (χ2v) is 4.52. The van der Waals surface area contributed by atoms with Crippen LogP contribution in [-0.4, -0.2) is 33.0 Å². The molecule has 6 nitrogen and oxygen atoms in total. The van der Waals surface area contributed by atoms with Crippen LogP contribution in [0.15, 0.2) is 24.4 Å². The normalized spacial score (nSPS) is 11.2. The lowest BCUT2D eigenvalue weighted by atomic mass is 10.1. The van der Waals surface area contributed by atoms with Gasteiger partial charge in [0.05, 0.1) is 10.3 Å². The molecule has 6 heteroatoms. The largest absolute Gasteiger partial charge is 0.505 e. The maximum atomic E-state index is 11.2. The third kappa shape index (κ3) is 2.55. The molecule has 20 heavy (non-hydrogen) atoms. The summed E-state index contributed by atoms with van der Waals surface area (Å²) in [5, 5.41) is 21.8.